The number of sulfonamides is 1. The fraction of sp³-hybridized carbons (Fsp3) is 0.562. The van der Waals surface area contributed by atoms with Crippen molar-refractivity contribution >= 4 is 34.0 Å². The minimum Gasteiger partial charge on any atom is -0.493 e. The number of hydrogen-bond donors (Lipinski definition) is 2. The largest absolute Gasteiger partial charge is 0.493 e. The maximum atomic E-state index is 12.9. The van der Waals surface area contributed by atoms with E-state index in [9.17, 15) is 13.2 Å². The zero-order valence-electron chi connectivity index (χ0n) is 15.3. The quantitative estimate of drug-likeness (QED) is 0.735. The second-order valence-electron chi connectivity index (χ2n) is 6.28. The van der Waals surface area contributed by atoms with E-state index in [0.29, 0.717) is 18.7 Å². The van der Waals surface area contributed by atoms with Crippen molar-refractivity contribution in [3.8, 4) is 11.5 Å². The van der Waals surface area contributed by atoms with Crippen LogP contribution in [0.15, 0.2) is 12.1 Å². The molecule has 0 aromatic heterocycles. The van der Waals surface area contributed by atoms with Gasteiger partial charge in [-0.25, -0.2) is 8.42 Å². The maximum absolute atomic E-state index is 12.9. The molecule has 148 valence electrons. The molecule has 2 atom stereocenters. The first-order valence-corrected chi connectivity index (χ1v) is 9.84. The van der Waals surface area contributed by atoms with Gasteiger partial charge in [0, 0.05) is 18.2 Å². The van der Waals surface area contributed by atoms with Crippen LogP contribution < -0.4 is 19.9 Å². The highest BCUT2D eigenvalue weighted by Gasteiger charge is 2.33. The van der Waals surface area contributed by atoms with Crippen molar-refractivity contribution in [1.29, 1.82) is 0 Å². The van der Waals surface area contributed by atoms with E-state index in [0.717, 1.165) is 12.7 Å². The number of methoxy groups -OCH3 is 2. The van der Waals surface area contributed by atoms with Gasteiger partial charge in [-0.3, -0.25) is 9.52 Å². The summed E-state index contributed by atoms with van der Waals surface area (Å²) in [6, 6.07) is 3.09. The van der Waals surface area contributed by atoms with Crippen LogP contribution in [-0.2, 0) is 10.0 Å². The van der Waals surface area contributed by atoms with Crippen LogP contribution in [0.5, 0.6) is 11.5 Å². The summed E-state index contributed by atoms with van der Waals surface area (Å²) in [6.45, 7) is 3.09. The fourth-order valence-corrected chi connectivity index (χ4v) is 3.68. The van der Waals surface area contributed by atoms with Gasteiger partial charge in [0.15, 0.2) is 11.5 Å². The molecule has 8 nitrogen and oxygen atoms in total. The molecule has 1 aliphatic rings. The number of likely N-dealkylation sites (tertiary alicyclic amines) is 1. The number of carbonyl (C=O) groups excluding carboxylic acids is 1. The number of benzene rings is 1. The zero-order valence-corrected chi connectivity index (χ0v) is 16.9. The van der Waals surface area contributed by atoms with Gasteiger partial charge in [0.25, 0.3) is 5.91 Å². The van der Waals surface area contributed by atoms with Gasteiger partial charge in [0.1, 0.15) is 0 Å². The summed E-state index contributed by atoms with van der Waals surface area (Å²) in [7, 11) is -0.713. The summed E-state index contributed by atoms with van der Waals surface area (Å²) in [6.07, 6.45) is 1.88. The second kappa shape index (κ2) is 8.79. The minimum absolute atomic E-state index is 0. The maximum Gasteiger partial charge on any atom is 0.254 e. The minimum atomic E-state index is -3.55. The molecule has 0 aliphatic carbocycles. The number of ether oxygens (including phenoxy) is 2. The number of anilines is 1. The third-order valence-corrected chi connectivity index (χ3v) is 4.87. The Kier molecular flexibility index (Phi) is 7.55. The van der Waals surface area contributed by atoms with Crippen molar-refractivity contribution in [2.45, 2.75) is 19.4 Å². The Bertz CT molecular complexity index is 756. The number of carbonyl (C=O) groups is 1. The molecule has 1 aromatic carbocycles. The smallest absolute Gasteiger partial charge is 0.254 e. The van der Waals surface area contributed by atoms with Gasteiger partial charge in [-0.1, -0.05) is 0 Å². The summed E-state index contributed by atoms with van der Waals surface area (Å²) in [5, 5.41) is 0. The first-order chi connectivity index (χ1) is 11.7. The van der Waals surface area contributed by atoms with Crippen LogP contribution in [0, 0.1) is 5.92 Å². The van der Waals surface area contributed by atoms with Gasteiger partial charge < -0.3 is 20.1 Å². The average molecular weight is 408 g/mol. The highest BCUT2D eigenvalue weighted by atomic mass is 35.5. The number of nitrogens with two attached hydrogens (primary N) is 1. The molecule has 0 bridgehead atoms. The third kappa shape index (κ3) is 4.93. The molecule has 0 saturated carbocycles. The van der Waals surface area contributed by atoms with Crippen LogP contribution in [0.4, 0.5) is 5.69 Å². The van der Waals surface area contributed by atoms with Crippen LogP contribution >= 0.6 is 12.4 Å². The molecule has 1 aliphatic heterocycles. The van der Waals surface area contributed by atoms with E-state index in [1.54, 1.807) is 11.0 Å². The highest BCUT2D eigenvalue weighted by Crippen LogP contribution is 2.38. The van der Waals surface area contributed by atoms with E-state index < -0.39 is 10.0 Å². The van der Waals surface area contributed by atoms with Crippen LogP contribution in [0.1, 0.15) is 23.7 Å². The topological polar surface area (TPSA) is 111 Å². The van der Waals surface area contributed by atoms with Gasteiger partial charge in [0.2, 0.25) is 10.0 Å². The summed E-state index contributed by atoms with van der Waals surface area (Å²) >= 11 is 0. The van der Waals surface area contributed by atoms with Crippen LogP contribution in [0.3, 0.4) is 0 Å². The Labute approximate surface area is 160 Å². The lowest BCUT2D eigenvalue weighted by Crippen LogP contribution is -2.34. The lowest BCUT2D eigenvalue weighted by molar-refractivity contribution is 0.0743. The van der Waals surface area contributed by atoms with Crippen molar-refractivity contribution in [3.63, 3.8) is 0 Å². The second-order valence-corrected chi connectivity index (χ2v) is 8.03. The predicted octanol–water partition coefficient (Wildman–Crippen LogP) is 1.31. The van der Waals surface area contributed by atoms with Crippen molar-refractivity contribution in [1.82, 2.24) is 4.90 Å². The van der Waals surface area contributed by atoms with E-state index in [-0.39, 0.29) is 47.5 Å². The number of rotatable bonds is 6. The number of halogens is 1. The monoisotopic (exact) mass is 407 g/mol. The first-order valence-electron chi connectivity index (χ1n) is 7.95. The van der Waals surface area contributed by atoms with E-state index in [1.165, 1.54) is 20.3 Å². The summed E-state index contributed by atoms with van der Waals surface area (Å²) in [4.78, 5) is 14.7. The normalized spacial score (nSPS) is 19.7. The Balaban J connectivity index is 0.00000338. The van der Waals surface area contributed by atoms with Crippen molar-refractivity contribution in [3.05, 3.63) is 17.7 Å². The molecule has 1 heterocycles. The zero-order chi connectivity index (χ0) is 18.8. The lowest BCUT2D eigenvalue weighted by atomic mass is 10.1. The standard InChI is InChI=1S/C16H25N3O5S.ClH/c1-10-5-11(8-17)9-19(10)16(20)12-6-13(18-25(4,21)22)15(24-3)14(7-12)23-2;/h6-7,10-11,18H,5,8-9,17H2,1-4H3;1H. The van der Waals surface area contributed by atoms with Crippen molar-refractivity contribution in [2.24, 2.45) is 11.7 Å². The Morgan fingerprint density at radius 2 is 2.00 bits per heavy atom. The molecule has 10 heteroatoms. The molecule has 1 fully saturated rings. The SMILES string of the molecule is COc1cc(C(=O)N2CC(CN)CC2C)cc(NS(C)(=O)=O)c1OC.Cl. The van der Waals surface area contributed by atoms with Crippen molar-refractivity contribution in [2.75, 3.05) is 38.3 Å². The molecule has 1 saturated heterocycles. The van der Waals surface area contributed by atoms with Gasteiger partial charge in [-0.15, -0.1) is 12.4 Å². The molecule has 1 amide bonds. The molecule has 2 unspecified atom stereocenters. The molecular formula is C16H26ClN3O5S. The molecular weight excluding hydrogens is 382 g/mol. The highest BCUT2D eigenvalue weighted by molar-refractivity contribution is 7.92. The Morgan fingerprint density at radius 3 is 2.46 bits per heavy atom. The van der Waals surface area contributed by atoms with E-state index in [1.807, 2.05) is 6.92 Å². The number of nitrogens with zero attached hydrogens (tertiary/aromatic N) is 1. The van der Waals surface area contributed by atoms with Gasteiger partial charge in [-0.05, 0) is 37.9 Å². The number of amides is 1. The average Bonchev–Trinajstić information content (AvgIpc) is 2.92. The summed E-state index contributed by atoms with van der Waals surface area (Å²) < 4.78 is 36.1. The molecule has 26 heavy (non-hydrogen) atoms. The summed E-state index contributed by atoms with van der Waals surface area (Å²) in [5.41, 5.74) is 6.21. The van der Waals surface area contributed by atoms with E-state index in [4.69, 9.17) is 15.2 Å². The van der Waals surface area contributed by atoms with E-state index in [2.05, 4.69) is 4.72 Å². The molecule has 1 aromatic rings. The number of nitrogens with one attached hydrogen (secondary N) is 1. The Morgan fingerprint density at radius 1 is 1.35 bits per heavy atom. The van der Waals surface area contributed by atoms with Crippen LogP contribution in [0.2, 0.25) is 0 Å². The van der Waals surface area contributed by atoms with Crippen LogP contribution in [-0.4, -0.2) is 58.8 Å². The van der Waals surface area contributed by atoms with Crippen LogP contribution in [0.25, 0.3) is 0 Å². The van der Waals surface area contributed by atoms with Crippen molar-refractivity contribution < 1.29 is 22.7 Å². The molecule has 0 radical (unpaired) electrons. The van der Waals surface area contributed by atoms with E-state index >= 15 is 0 Å². The summed E-state index contributed by atoms with van der Waals surface area (Å²) in [5.74, 6) is 0.578. The fourth-order valence-electron chi connectivity index (χ4n) is 3.13. The lowest BCUT2D eigenvalue weighted by Gasteiger charge is -2.23. The van der Waals surface area contributed by atoms with Gasteiger partial charge >= 0.3 is 0 Å². The van der Waals surface area contributed by atoms with Gasteiger partial charge in [0.05, 0.1) is 26.2 Å². The third-order valence-electron chi connectivity index (χ3n) is 4.28. The molecule has 3 N–H and O–H groups in total. The first kappa shape index (κ1) is 22.3. The Hall–Kier alpha value is -1.71. The molecule has 2 rings (SSSR count). The number of hydrogen-bond acceptors (Lipinski definition) is 6. The predicted molar refractivity (Wildman–Crippen MR) is 103 cm³/mol. The van der Waals surface area contributed by atoms with Gasteiger partial charge in [-0.2, -0.15) is 0 Å². The molecule has 0 spiro atoms.